The molecule has 4 rings (SSSR count). The van der Waals surface area contributed by atoms with Crippen molar-refractivity contribution in [2.45, 2.75) is 45.8 Å². The number of carbonyl (C=O) groups is 1. The number of rotatable bonds is 9. The van der Waals surface area contributed by atoms with Gasteiger partial charge in [-0.1, -0.05) is 30.3 Å². The quantitative estimate of drug-likeness (QED) is 0.491. The fourth-order valence-electron chi connectivity index (χ4n) is 4.28. The van der Waals surface area contributed by atoms with Crippen molar-refractivity contribution in [2.75, 3.05) is 31.1 Å². The molecule has 1 saturated heterocycles. The lowest BCUT2D eigenvalue weighted by atomic mass is 9.96. The number of carbonyl (C=O) groups excluding carboxylic acids is 1. The molecule has 0 atom stereocenters. The van der Waals surface area contributed by atoms with Gasteiger partial charge in [0.25, 0.3) is 5.56 Å². The summed E-state index contributed by atoms with van der Waals surface area (Å²) in [5.41, 5.74) is 2.15. The van der Waals surface area contributed by atoms with Crippen LogP contribution in [-0.4, -0.2) is 52.8 Å². The van der Waals surface area contributed by atoms with Gasteiger partial charge in [0.15, 0.2) is 11.5 Å². The SMILES string of the molecule is CC(C)OCCCNC(=O)C1CCN(c2nc3cccnc3n(Cc3ccccc3)c2=O)CC1. The number of amides is 1. The van der Waals surface area contributed by atoms with Gasteiger partial charge in [-0.2, -0.15) is 0 Å². The molecule has 0 aliphatic carbocycles. The fraction of sp³-hybridized carbons (Fsp3) is 0.462. The van der Waals surface area contributed by atoms with Gasteiger partial charge in [-0.25, -0.2) is 9.97 Å². The number of hydrogen-bond acceptors (Lipinski definition) is 6. The summed E-state index contributed by atoms with van der Waals surface area (Å²) in [5, 5.41) is 3.03. The molecule has 0 unspecified atom stereocenters. The van der Waals surface area contributed by atoms with Gasteiger partial charge < -0.3 is 15.0 Å². The molecule has 1 aliphatic rings. The van der Waals surface area contributed by atoms with Crippen molar-refractivity contribution >= 4 is 22.9 Å². The van der Waals surface area contributed by atoms with Crippen LogP contribution in [0.2, 0.25) is 0 Å². The first-order valence-corrected chi connectivity index (χ1v) is 12.1. The normalized spacial score (nSPS) is 14.6. The zero-order valence-electron chi connectivity index (χ0n) is 19.9. The molecule has 34 heavy (non-hydrogen) atoms. The van der Waals surface area contributed by atoms with Crippen LogP contribution in [0.15, 0.2) is 53.5 Å². The Bertz CT molecular complexity index is 1150. The fourth-order valence-corrected chi connectivity index (χ4v) is 4.28. The Balaban J connectivity index is 1.44. The molecule has 3 heterocycles. The number of ether oxygens (including phenoxy) is 1. The summed E-state index contributed by atoms with van der Waals surface area (Å²) in [7, 11) is 0. The smallest absolute Gasteiger partial charge is 0.295 e. The Morgan fingerprint density at radius 1 is 1.15 bits per heavy atom. The molecule has 0 radical (unpaired) electrons. The summed E-state index contributed by atoms with van der Waals surface area (Å²) in [5.74, 6) is 0.471. The molecule has 0 bridgehead atoms. The number of pyridine rings is 1. The van der Waals surface area contributed by atoms with Crippen molar-refractivity contribution in [3.63, 3.8) is 0 Å². The van der Waals surface area contributed by atoms with Crippen LogP contribution in [0.3, 0.4) is 0 Å². The molecule has 8 heteroatoms. The molecule has 1 aromatic carbocycles. The minimum Gasteiger partial charge on any atom is -0.379 e. The molecule has 1 N–H and O–H groups in total. The van der Waals surface area contributed by atoms with Gasteiger partial charge in [-0.15, -0.1) is 0 Å². The minimum absolute atomic E-state index is 0.0454. The van der Waals surface area contributed by atoms with E-state index >= 15 is 0 Å². The highest BCUT2D eigenvalue weighted by Crippen LogP contribution is 2.22. The van der Waals surface area contributed by atoms with Gasteiger partial charge in [0.1, 0.15) is 5.52 Å². The highest BCUT2D eigenvalue weighted by Gasteiger charge is 2.27. The predicted octanol–water partition coefficient (Wildman–Crippen LogP) is 2.99. The Morgan fingerprint density at radius 3 is 2.65 bits per heavy atom. The highest BCUT2D eigenvalue weighted by atomic mass is 16.5. The Labute approximate surface area is 200 Å². The number of anilines is 1. The molecule has 0 spiro atoms. The van der Waals surface area contributed by atoms with Gasteiger partial charge in [0.05, 0.1) is 12.6 Å². The van der Waals surface area contributed by atoms with Crippen molar-refractivity contribution in [2.24, 2.45) is 5.92 Å². The molecule has 1 fully saturated rings. The van der Waals surface area contributed by atoms with Crippen LogP contribution >= 0.6 is 0 Å². The Kier molecular flexibility index (Phi) is 7.90. The molecule has 0 saturated carbocycles. The maximum absolute atomic E-state index is 13.5. The van der Waals surface area contributed by atoms with E-state index in [0.717, 1.165) is 12.0 Å². The first kappa shape index (κ1) is 23.9. The lowest BCUT2D eigenvalue weighted by Gasteiger charge is -2.32. The second kappa shape index (κ2) is 11.2. The number of nitrogens with one attached hydrogen (secondary N) is 1. The molecule has 1 aliphatic heterocycles. The van der Waals surface area contributed by atoms with E-state index < -0.39 is 0 Å². The number of aromatic nitrogens is 3. The van der Waals surface area contributed by atoms with Crippen LogP contribution in [0.4, 0.5) is 5.82 Å². The molecule has 180 valence electrons. The Morgan fingerprint density at radius 2 is 1.91 bits per heavy atom. The molecule has 8 nitrogen and oxygen atoms in total. The van der Waals surface area contributed by atoms with Gasteiger partial charge in [-0.05, 0) is 50.8 Å². The topological polar surface area (TPSA) is 89.3 Å². The second-order valence-corrected chi connectivity index (χ2v) is 8.98. The second-order valence-electron chi connectivity index (χ2n) is 8.98. The van der Waals surface area contributed by atoms with Gasteiger partial charge >= 0.3 is 0 Å². The van der Waals surface area contributed by atoms with E-state index in [2.05, 4.69) is 15.3 Å². The molecular weight excluding hydrogens is 430 g/mol. The summed E-state index contributed by atoms with van der Waals surface area (Å²) in [6, 6.07) is 13.6. The first-order valence-electron chi connectivity index (χ1n) is 12.1. The standard InChI is InChI=1S/C26H33N5O3/c1-19(2)34-17-7-14-28-25(32)21-11-15-30(16-12-21)24-26(33)31(18-20-8-4-3-5-9-20)23-22(29-24)10-6-13-27-23/h3-6,8-10,13,19,21H,7,11-12,14-18H2,1-2H3,(H,28,32). The van der Waals surface area contributed by atoms with Crippen LogP contribution in [0.1, 0.15) is 38.7 Å². The molecule has 3 aromatic rings. The van der Waals surface area contributed by atoms with Crippen LogP contribution in [0.5, 0.6) is 0 Å². The van der Waals surface area contributed by atoms with Crippen molar-refractivity contribution in [1.82, 2.24) is 19.9 Å². The minimum atomic E-state index is -0.150. The average molecular weight is 464 g/mol. The zero-order valence-corrected chi connectivity index (χ0v) is 19.9. The third-order valence-corrected chi connectivity index (χ3v) is 6.10. The largest absolute Gasteiger partial charge is 0.379 e. The summed E-state index contributed by atoms with van der Waals surface area (Å²) >= 11 is 0. The van der Waals surface area contributed by atoms with E-state index in [4.69, 9.17) is 4.74 Å². The van der Waals surface area contributed by atoms with Gasteiger partial charge in [0, 0.05) is 38.4 Å². The molecule has 1 amide bonds. The number of hydrogen-bond donors (Lipinski definition) is 1. The third-order valence-electron chi connectivity index (χ3n) is 6.10. The van der Waals surface area contributed by atoms with Crippen molar-refractivity contribution in [3.8, 4) is 0 Å². The summed E-state index contributed by atoms with van der Waals surface area (Å²) in [6.07, 6.45) is 4.08. The lowest BCUT2D eigenvalue weighted by molar-refractivity contribution is -0.125. The van der Waals surface area contributed by atoms with E-state index in [1.165, 1.54) is 0 Å². The van der Waals surface area contributed by atoms with E-state index in [-0.39, 0.29) is 23.5 Å². The highest BCUT2D eigenvalue weighted by molar-refractivity contribution is 5.79. The van der Waals surface area contributed by atoms with Gasteiger partial charge in [0.2, 0.25) is 5.91 Å². The van der Waals surface area contributed by atoms with Crippen molar-refractivity contribution < 1.29 is 9.53 Å². The maximum atomic E-state index is 13.5. The third kappa shape index (κ3) is 5.80. The number of piperidine rings is 1. The van der Waals surface area contributed by atoms with Crippen LogP contribution in [0, 0.1) is 5.92 Å². The van der Waals surface area contributed by atoms with E-state index in [9.17, 15) is 9.59 Å². The van der Waals surface area contributed by atoms with Crippen LogP contribution in [0.25, 0.3) is 11.2 Å². The summed E-state index contributed by atoms with van der Waals surface area (Å²) in [6.45, 7) is 6.95. The molecular formula is C26H33N5O3. The maximum Gasteiger partial charge on any atom is 0.295 e. The van der Waals surface area contributed by atoms with Crippen molar-refractivity contribution in [3.05, 3.63) is 64.6 Å². The number of nitrogens with zero attached hydrogens (tertiary/aromatic N) is 4. The zero-order chi connectivity index (χ0) is 23.9. The van der Waals surface area contributed by atoms with E-state index in [0.29, 0.717) is 62.6 Å². The predicted molar refractivity (Wildman–Crippen MR) is 133 cm³/mol. The summed E-state index contributed by atoms with van der Waals surface area (Å²) in [4.78, 5) is 37.2. The van der Waals surface area contributed by atoms with E-state index in [1.807, 2.05) is 61.2 Å². The monoisotopic (exact) mass is 463 g/mol. The van der Waals surface area contributed by atoms with Crippen LogP contribution < -0.4 is 15.8 Å². The number of benzene rings is 1. The van der Waals surface area contributed by atoms with Crippen molar-refractivity contribution in [1.29, 1.82) is 0 Å². The summed E-state index contributed by atoms with van der Waals surface area (Å²) < 4.78 is 7.22. The first-order chi connectivity index (χ1) is 16.5. The average Bonchev–Trinajstić information content (AvgIpc) is 2.86. The lowest BCUT2D eigenvalue weighted by Crippen LogP contribution is -2.43. The van der Waals surface area contributed by atoms with Crippen LogP contribution in [-0.2, 0) is 16.1 Å². The number of fused-ring (bicyclic) bond motifs is 1. The Hall–Kier alpha value is -3.26. The van der Waals surface area contributed by atoms with Gasteiger partial charge in [-0.3, -0.25) is 14.2 Å². The molecule has 2 aromatic heterocycles. The van der Waals surface area contributed by atoms with E-state index in [1.54, 1.807) is 10.8 Å².